The van der Waals surface area contributed by atoms with Crippen LogP contribution in [-0.4, -0.2) is 0 Å². The van der Waals surface area contributed by atoms with E-state index < -0.39 is 0 Å². The van der Waals surface area contributed by atoms with Crippen molar-refractivity contribution in [3.8, 4) is 0 Å². The number of rotatable bonds is 1. The maximum atomic E-state index is 3.80. The highest BCUT2D eigenvalue weighted by Gasteiger charge is 2.48. The van der Waals surface area contributed by atoms with E-state index in [-0.39, 0.29) is 5.54 Å². The number of fused-ring (bicyclic) bond motifs is 5. The van der Waals surface area contributed by atoms with Crippen LogP contribution in [0.25, 0.3) is 0 Å². The largest absolute Gasteiger partial charge is 0.375 e. The van der Waals surface area contributed by atoms with Gasteiger partial charge < -0.3 is 5.32 Å². The summed E-state index contributed by atoms with van der Waals surface area (Å²) in [6, 6.07) is 15.9. The average molecular weight is 263 g/mol. The van der Waals surface area contributed by atoms with Crippen molar-refractivity contribution in [1.29, 1.82) is 0 Å². The third kappa shape index (κ3) is 1.44. The molecule has 1 heterocycles. The number of hydrogen-bond donors (Lipinski definition) is 1. The Morgan fingerprint density at radius 1 is 1.15 bits per heavy atom. The van der Waals surface area contributed by atoms with E-state index in [1.165, 1.54) is 27.9 Å². The lowest BCUT2D eigenvalue weighted by Gasteiger charge is -2.27. The molecule has 1 aliphatic carbocycles. The Bertz CT molecular complexity index is 686. The fourth-order valence-corrected chi connectivity index (χ4v) is 4.01. The SMILES string of the molecule is CC(C)c1ccc2c(c1)C1Cc3ccccc3C1(C)N2. The molecule has 1 aliphatic heterocycles. The van der Waals surface area contributed by atoms with Crippen molar-refractivity contribution in [2.45, 2.75) is 44.6 Å². The molecular weight excluding hydrogens is 242 g/mol. The van der Waals surface area contributed by atoms with Gasteiger partial charge in [-0.15, -0.1) is 0 Å². The van der Waals surface area contributed by atoms with E-state index >= 15 is 0 Å². The van der Waals surface area contributed by atoms with Gasteiger partial charge in [-0.3, -0.25) is 0 Å². The van der Waals surface area contributed by atoms with E-state index in [9.17, 15) is 0 Å². The predicted molar refractivity (Wildman–Crippen MR) is 84.4 cm³/mol. The predicted octanol–water partition coefficient (Wildman–Crippen LogP) is 4.79. The zero-order chi connectivity index (χ0) is 13.9. The molecule has 0 saturated carbocycles. The van der Waals surface area contributed by atoms with Crippen LogP contribution in [0.15, 0.2) is 42.5 Å². The summed E-state index contributed by atoms with van der Waals surface area (Å²) >= 11 is 0. The maximum absolute atomic E-state index is 3.80. The fourth-order valence-electron chi connectivity index (χ4n) is 4.01. The summed E-state index contributed by atoms with van der Waals surface area (Å²) < 4.78 is 0. The second-order valence-electron chi connectivity index (χ2n) is 6.74. The highest BCUT2D eigenvalue weighted by Crippen LogP contribution is 2.55. The van der Waals surface area contributed by atoms with E-state index in [1.807, 2.05) is 0 Å². The summed E-state index contributed by atoms with van der Waals surface area (Å²) in [5, 5.41) is 3.80. The van der Waals surface area contributed by atoms with Gasteiger partial charge in [0.25, 0.3) is 0 Å². The van der Waals surface area contributed by atoms with Crippen LogP contribution in [0.3, 0.4) is 0 Å². The van der Waals surface area contributed by atoms with E-state index in [0.717, 1.165) is 6.42 Å². The molecule has 102 valence electrons. The molecule has 0 aromatic heterocycles. The monoisotopic (exact) mass is 263 g/mol. The Morgan fingerprint density at radius 3 is 2.75 bits per heavy atom. The van der Waals surface area contributed by atoms with Crippen LogP contribution in [0.1, 0.15) is 54.9 Å². The van der Waals surface area contributed by atoms with Crippen LogP contribution < -0.4 is 5.32 Å². The first-order valence-corrected chi connectivity index (χ1v) is 7.60. The third-order valence-corrected chi connectivity index (χ3v) is 5.21. The highest BCUT2D eigenvalue weighted by molar-refractivity contribution is 5.67. The normalized spacial score (nSPS) is 26.1. The standard InChI is InChI=1S/C19H21N/c1-12(2)13-8-9-18-15(10-13)17-11-14-6-4-5-7-16(14)19(17,3)20-18/h4-10,12,17,20H,11H2,1-3H3. The van der Waals surface area contributed by atoms with E-state index in [1.54, 1.807) is 0 Å². The van der Waals surface area contributed by atoms with Gasteiger partial charge in [-0.2, -0.15) is 0 Å². The smallest absolute Gasteiger partial charge is 0.0672 e. The number of benzene rings is 2. The minimum atomic E-state index is 0.0779. The van der Waals surface area contributed by atoms with E-state index in [0.29, 0.717) is 11.8 Å². The molecule has 0 spiro atoms. The van der Waals surface area contributed by atoms with Gasteiger partial charge in [-0.05, 0) is 47.6 Å². The molecule has 4 rings (SSSR count). The van der Waals surface area contributed by atoms with Gasteiger partial charge in [0.2, 0.25) is 0 Å². The van der Waals surface area contributed by atoms with Gasteiger partial charge in [-0.1, -0.05) is 50.2 Å². The molecular formula is C19H21N. The summed E-state index contributed by atoms with van der Waals surface area (Å²) in [6.45, 7) is 6.90. The quantitative estimate of drug-likeness (QED) is 0.780. The van der Waals surface area contributed by atoms with Gasteiger partial charge in [0, 0.05) is 11.6 Å². The lowest BCUT2D eigenvalue weighted by atomic mass is 9.84. The summed E-state index contributed by atoms with van der Waals surface area (Å²) in [7, 11) is 0. The van der Waals surface area contributed by atoms with Crippen molar-refractivity contribution in [3.05, 3.63) is 64.7 Å². The molecule has 2 unspecified atom stereocenters. The molecule has 0 fully saturated rings. The van der Waals surface area contributed by atoms with Crippen LogP contribution in [0.5, 0.6) is 0 Å². The van der Waals surface area contributed by atoms with Gasteiger partial charge in [0.05, 0.1) is 5.54 Å². The number of nitrogens with one attached hydrogen (secondary N) is 1. The third-order valence-electron chi connectivity index (χ3n) is 5.21. The lowest BCUT2D eigenvalue weighted by molar-refractivity contribution is 0.491. The van der Waals surface area contributed by atoms with Crippen LogP contribution in [-0.2, 0) is 12.0 Å². The molecule has 0 bridgehead atoms. The molecule has 1 N–H and O–H groups in total. The lowest BCUT2D eigenvalue weighted by Crippen LogP contribution is -2.29. The Balaban J connectivity index is 1.85. The molecule has 1 nitrogen and oxygen atoms in total. The van der Waals surface area contributed by atoms with Crippen molar-refractivity contribution in [2.24, 2.45) is 0 Å². The molecule has 1 heteroatoms. The van der Waals surface area contributed by atoms with Crippen molar-refractivity contribution < 1.29 is 0 Å². The first-order valence-electron chi connectivity index (χ1n) is 7.60. The Labute approximate surface area is 121 Å². The topological polar surface area (TPSA) is 12.0 Å². The van der Waals surface area contributed by atoms with Crippen LogP contribution >= 0.6 is 0 Å². The van der Waals surface area contributed by atoms with Crippen molar-refractivity contribution in [1.82, 2.24) is 0 Å². The number of anilines is 1. The minimum Gasteiger partial charge on any atom is -0.375 e. The summed E-state index contributed by atoms with van der Waals surface area (Å²) in [4.78, 5) is 0. The summed E-state index contributed by atoms with van der Waals surface area (Å²) in [6.07, 6.45) is 1.16. The molecule has 2 aromatic carbocycles. The van der Waals surface area contributed by atoms with Gasteiger partial charge in [-0.25, -0.2) is 0 Å². The first kappa shape index (κ1) is 12.0. The highest BCUT2D eigenvalue weighted by atomic mass is 15.0. The Kier molecular flexibility index (Phi) is 2.33. The van der Waals surface area contributed by atoms with E-state index in [4.69, 9.17) is 0 Å². The maximum Gasteiger partial charge on any atom is 0.0672 e. The van der Waals surface area contributed by atoms with Crippen LogP contribution in [0.2, 0.25) is 0 Å². The molecule has 0 amide bonds. The van der Waals surface area contributed by atoms with Crippen LogP contribution in [0, 0.1) is 0 Å². The molecule has 2 atom stereocenters. The molecule has 2 aromatic rings. The second kappa shape index (κ2) is 3.88. The first-order chi connectivity index (χ1) is 9.59. The Morgan fingerprint density at radius 2 is 1.95 bits per heavy atom. The van der Waals surface area contributed by atoms with E-state index in [2.05, 4.69) is 68.6 Å². The molecule has 0 saturated heterocycles. The Hall–Kier alpha value is -1.76. The van der Waals surface area contributed by atoms with Gasteiger partial charge in [0.1, 0.15) is 0 Å². The number of hydrogen-bond acceptors (Lipinski definition) is 1. The van der Waals surface area contributed by atoms with Crippen LogP contribution in [0.4, 0.5) is 5.69 Å². The molecule has 0 radical (unpaired) electrons. The molecule has 20 heavy (non-hydrogen) atoms. The average Bonchev–Trinajstić information content (AvgIpc) is 2.87. The van der Waals surface area contributed by atoms with Gasteiger partial charge in [0.15, 0.2) is 0 Å². The molecule has 2 aliphatic rings. The summed E-state index contributed by atoms with van der Waals surface area (Å²) in [5.74, 6) is 1.17. The summed E-state index contributed by atoms with van der Waals surface area (Å²) in [5.41, 5.74) is 7.35. The minimum absolute atomic E-state index is 0.0779. The second-order valence-corrected chi connectivity index (χ2v) is 6.74. The van der Waals surface area contributed by atoms with Crippen molar-refractivity contribution in [2.75, 3.05) is 5.32 Å². The fraction of sp³-hybridized carbons (Fsp3) is 0.368. The van der Waals surface area contributed by atoms with Crippen molar-refractivity contribution >= 4 is 5.69 Å². The zero-order valence-electron chi connectivity index (χ0n) is 12.4. The zero-order valence-corrected chi connectivity index (χ0v) is 12.4. The van der Waals surface area contributed by atoms with Gasteiger partial charge >= 0.3 is 0 Å². The van der Waals surface area contributed by atoms with Crippen molar-refractivity contribution in [3.63, 3.8) is 0 Å².